The number of aromatic nitrogens is 2. The van der Waals surface area contributed by atoms with E-state index < -0.39 is 0 Å². The zero-order chi connectivity index (χ0) is 17.1. The number of ether oxygens (including phenoxy) is 1. The quantitative estimate of drug-likeness (QED) is 0.629. The highest BCUT2D eigenvalue weighted by Crippen LogP contribution is 2.30. The lowest BCUT2D eigenvalue weighted by molar-refractivity contribution is 0.312. The minimum absolute atomic E-state index is 0. The van der Waals surface area contributed by atoms with E-state index in [9.17, 15) is 4.39 Å². The Bertz CT molecular complexity index is 910. The van der Waals surface area contributed by atoms with E-state index in [2.05, 4.69) is 29.3 Å². The van der Waals surface area contributed by atoms with Crippen LogP contribution in [0.15, 0.2) is 36.5 Å². The summed E-state index contributed by atoms with van der Waals surface area (Å²) in [5.74, 6) is 3.04. The summed E-state index contributed by atoms with van der Waals surface area (Å²) in [6, 6.07) is 8.43. The molecule has 0 aliphatic carbocycles. The zero-order valence-electron chi connectivity index (χ0n) is 14.3. The molecule has 0 radical (unpaired) electrons. The SMILES string of the molecule is C#CCn1c(C)c(C)c2ccnc(OCCc3ccc(F)cc3)c21.Cl. The lowest BCUT2D eigenvalue weighted by atomic mass is 10.1. The maximum Gasteiger partial charge on any atom is 0.238 e. The summed E-state index contributed by atoms with van der Waals surface area (Å²) < 4.78 is 20.9. The molecule has 0 aliphatic heterocycles. The Hall–Kier alpha value is -2.51. The third kappa shape index (κ3) is 3.78. The van der Waals surface area contributed by atoms with Crippen molar-refractivity contribution in [1.29, 1.82) is 0 Å². The van der Waals surface area contributed by atoms with Gasteiger partial charge in [-0.1, -0.05) is 18.1 Å². The standard InChI is InChI=1S/C20H19FN2O.ClH/c1-4-12-23-15(3)14(2)18-9-11-22-20(19(18)23)24-13-10-16-5-7-17(21)8-6-16;/h1,5-9,11H,10,12-13H2,2-3H3;1H. The maximum atomic E-state index is 12.9. The summed E-state index contributed by atoms with van der Waals surface area (Å²) >= 11 is 0. The predicted octanol–water partition coefficient (Wildman–Crippen LogP) is 4.47. The monoisotopic (exact) mass is 358 g/mol. The van der Waals surface area contributed by atoms with Gasteiger partial charge in [-0.3, -0.25) is 0 Å². The number of nitrogens with zero attached hydrogens (tertiary/aromatic N) is 2. The highest BCUT2D eigenvalue weighted by Gasteiger charge is 2.15. The molecule has 0 bridgehead atoms. The van der Waals surface area contributed by atoms with Gasteiger partial charge in [0.1, 0.15) is 11.3 Å². The Morgan fingerprint density at radius 2 is 1.92 bits per heavy atom. The Kier molecular flexibility index (Phi) is 6.06. The van der Waals surface area contributed by atoms with Gasteiger partial charge >= 0.3 is 0 Å². The number of aryl methyl sites for hydroxylation is 1. The zero-order valence-corrected chi connectivity index (χ0v) is 15.1. The van der Waals surface area contributed by atoms with E-state index in [0.717, 1.165) is 22.2 Å². The largest absolute Gasteiger partial charge is 0.476 e. The van der Waals surface area contributed by atoms with E-state index in [4.69, 9.17) is 11.2 Å². The van der Waals surface area contributed by atoms with Crippen LogP contribution in [0.1, 0.15) is 16.8 Å². The van der Waals surface area contributed by atoms with Crippen LogP contribution in [0.2, 0.25) is 0 Å². The Labute approximate surface area is 153 Å². The first-order valence-corrected chi connectivity index (χ1v) is 7.87. The van der Waals surface area contributed by atoms with Crippen LogP contribution in [0.4, 0.5) is 4.39 Å². The average Bonchev–Trinajstić information content (AvgIpc) is 2.83. The number of pyridine rings is 1. The minimum atomic E-state index is -0.232. The lowest BCUT2D eigenvalue weighted by Gasteiger charge is -2.10. The van der Waals surface area contributed by atoms with Crippen LogP contribution in [0, 0.1) is 32.0 Å². The van der Waals surface area contributed by atoms with Gasteiger partial charge in [0.25, 0.3) is 0 Å². The van der Waals surface area contributed by atoms with Crippen molar-refractivity contribution in [2.45, 2.75) is 26.8 Å². The van der Waals surface area contributed by atoms with Crippen molar-refractivity contribution in [1.82, 2.24) is 9.55 Å². The summed E-state index contributed by atoms with van der Waals surface area (Å²) in [5.41, 5.74) is 4.27. The molecule has 0 spiro atoms. The number of terminal acetylenes is 1. The molecule has 0 fully saturated rings. The third-order valence-corrected chi connectivity index (χ3v) is 4.30. The summed E-state index contributed by atoms with van der Waals surface area (Å²) in [5, 5.41) is 1.11. The maximum absolute atomic E-state index is 12.9. The molecule has 0 saturated heterocycles. The number of benzene rings is 1. The highest BCUT2D eigenvalue weighted by molar-refractivity contribution is 5.89. The van der Waals surface area contributed by atoms with Gasteiger partial charge in [0.15, 0.2) is 0 Å². The third-order valence-electron chi connectivity index (χ3n) is 4.30. The van der Waals surface area contributed by atoms with Gasteiger partial charge in [-0.2, -0.15) is 0 Å². The molecule has 1 aromatic carbocycles. The molecule has 2 aromatic heterocycles. The van der Waals surface area contributed by atoms with Crippen molar-refractivity contribution in [2.24, 2.45) is 0 Å². The van der Waals surface area contributed by atoms with Crippen molar-refractivity contribution in [3.8, 4) is 18.2 Å². The number of halogens is 2. The number of hydrogen-bond acceptors (Lipinski definition) is 2. The number of fused-ring (bicyclic) bond motifs is 1. The van der Waals surface area contributed by atoms with Crippen LogP contribution in [0.25, 0.3) is 10.9 Å². The minimum Gasteiger partial charge on any atom is -0.476 e. The van der Waals surface area contributed by atoms with Crippen LogP contribution < -0.4 is 4.74 Å². The van der Waals surface area contributed by atoms with Crippen LogP contribution in [-0.4, -0.2) is 16.2 Å². The van der Waals surface area contributed by atoms with Crippen molar-refractivity contribution in [2.75, 3.05) is 6.61 Å². The highest BCUT2D eigenvalue weighted by atomic mass is 35.5. The smallest absolute Gasteiger partial charge is 0.238 e. The Balaban J connectivity index is 0.00000225. The molecule has 3 aromatic rings. The van der Waals surface area contributed by atoms with E-state index in [1.165, 1.54) is 17.7 Å². The number of hydrogen-bond donors (Lipinski definition) is 0. The summed E-state index contributed by atoms with van der Waals surface area (Å²) in [6.07, 6.45) is 7.94. The Morgan fingerprint density at radius 3 is 2.60 bits per heavy atom. The predicted molar refractivity (Wildman–Crippen MR) is 101 cm³/mol. The molecule has 5 heteroatoms. The van der Waals surface area contributed by atoms with Gasteiger partial charge in [-0.25, -0.2) is 9.37 Å². The first-order valence-electron chi connectivity index (χ1n) is 7.87. The summed E-state index contributed by atoms with van der Waals surface area (Å²) in [7, 11) is 0. The van der Waals surface area contributed by atoms with Gasteiger partial charge in [0, 0.05) is 23.7 Å². The van der Waals surface area contributed by atoms with Crippen LogP contribution in [0.5, 0.6) is 5.88 Å². The van der Waals surface area contributed by atoms with E-state index in [1.807, 2.05) is 6.07 Å². The van der Waals surface area contributed by atoms with Crippen LogP contribution in [0.3, 0.4) is 0 Å². The van der Waals surface area contributed by atoms with Crippen molar-refractivity contribution < 1.29 is 9.13 Å². The molecule has 2 heterocycles. The molecule has 0 aliphatic rings. The van der Waals surface area contributed by atoms with Crippen molar-refractivity contribution >= 4 is 23.3 Å². The lowest BCUT2D eigenvalue weighted by Crippen LogP contribution is -2.05. The molecule has 0 N–H and O–H groups in total. The van der Waals surface area contributed by atoms with Gasteiger partial charge in [-0.15, -0.1) is 18.8 Å². The first kappa shape index (κ1) is 18.8. The van der Waals surface area contributed by atoms with Crippen LogP contribution in [-0.2, 0) is 13.0 Å². The van der Waals surface area contributed by atoms with Crippen LogP contribution >= 0.6 is 12.4 Å². The van der Waals surface area contributed by atoms with Gasteiger partial charge in [0.05, 0.1) is 13.2 Å². The molecule has 3 nitrogen and oxygen atoms in total. The first-order chi connectivity index (χ1) is 11.6. The van der Waals surface area contributed by atoms with Gasteiger partial charge in [-0.05, 0) is 43.2 Å². The molecule has 0 unspecified atom stereocenters. The topological polar surface area (TPSA) is 27.1 Å². The molecular formula is C20H20ClFN2O. The Morgan fingerprint density at radius 1 is 1.20 bits per heavy atom. The van der Waals surface area contributed by atoms with Gasteiger partial charge in [0.2, 0.25) is 5.88 Å². The van der Waals surface area contributed by atoms with Crippen molar-refractivity contribution in [3.05, 3.63) is 59.2 Å². The second kappa shape index (κ2) is 8.04. The second-order valence-electron chi connectivity index (χ2n) is 5.74. The van der Waals surface area contributed by atoms with E-state index in [-0.39, 0.29) is 18.2 Å². The fourth-order valence-electron chi connectivity index (χ4n) is 2.87. The average molecular weight is 359 g/mol. The number of rotatable bonds is 5. The molecule has 25 heavy (non-hydrogen) atoms. The van der Waals surface area contributed by atoms with Crippen molar-refractivity contribution in [3.63, 3.8) is 0 Å². The van der Waals surface area contributed by atoms with E-state index in [0.29, 0.717) is 25.5 Å². The molecule has 0 atom stereocenters. The molecule has 0 amide bonds. The summed E-state index contributed by atoms with van der Waals surface area (Å²) in [4.78, 5) is 4.38. The fourth-order valence-corrected chi connectivity index (χ4v) is 2.87. The molecule has 0 saturated carbocycles. The fraction of sp³-hybridized carbons (Fsp3) is 0.250. The summed E-state index contributed by atoms with van der Waals surface area (Å²) in [6.45, 7) is 5.08. The van der Waals surface area contributed by atoms with E-state index in [1.54, 1.807) is 18.3 Å². The molecular weight excluding hydrogens is 339 g/mol. The van der Waals surface area contributed by atoms with E-state index >= 15 is 0 Å². The second-order valence-corrected chi connectivity index (χ2v) is 5.74. The molecule has 3 rings (SSSR count). The van der Waals surface area contributed by atoms with Gasteiger partial charge < -0.3 is 9.30 Å². The molecule has 130 valence electrons. The normalized spacial score (nSPS) is 10.3.